The number of para-hydroxylation sites is 1. The maximum atomic E-state index is 11.6. The van der Waals surface area contributed by atoms with Crippen LogP contribution < -0.4 is 5.32 Å². The Kier molecular flexibility index (Phi) is 4.36. The summed E-state index contributed by atoms with van der Waals surface area (Å²) in [5.41, 5.74) is 2.19. The van der Waals surface area contributed by atoms with Crippen molar-refractivity contribution in [1.29, 1.82) is 0 Å². The lowest BCUT2D eigenvalue weighted by molar-refractivity contribution is -0.116. The summed E-state index contributed by atoms with van der Waals surface area (Å²) < 4.78 is 0. The summed E-state index contributed by atoms with van der Waals surface area (Å²) >= 11 is 0. The van der Waals surface area contributed by atoms with Gasteiger partial charge < -0.3 is 15.2 Å². The summed E-state index contributed by atoms with van der Waals surface area (Å²) in [7, 11) is 3.93. The van der Waals surface area contributed by atoms with Crippen LogP contribution in [0.15, 0.2) is 42.6 Å². The van der Waals surface area contributed by atoms with E-state index in [2.05, 4.69) is 16.4 Å². The van der Waals surface area contributed by atoms with E-state index in [0.29, 0.717) is 6.54 Å². The number of likely N-dealkylation sites (N-methyl/N-ethyl adjacent to an activating group) is 1. The zero-order chi connectivity index (χ0) is 13.7. The Hall–Kier alpha value is -2.07. The Labute approximate surface area is 113 Å². The van der Waals surface area contributed by atoms with Gasteiger partial charge in [-0.2, -0.15) is 0 Å². The molecule has 0 spiro atoms. The molecule has 1 amide bonds. The van der Waals surface area contributed by atoms with Gasteiger partial charge in [0.25, 0.3) is 0 Å². The highest BCUT2D eigenvalue weighted by atomic mass is 16.1. The molecule has 1 heterocycles. The van der Waals surface area contributed by atoms with E-state index in [-0.39, 0.29) is 5.91 Å². The summed E-state index contributed by atoms with van der Waals surface area (Å²) in [4.78, 5) is 16.8. The SMILES string of the molecule is CN(C)C/C=C/C(=O)NCc1c[nH]c2ccccc12. The number of aromatic amines is 1. The maximum absolute atomic E-state index is 11.6. The van der Waals surface area contributed by atoms with Gasteiger partial charge in [0.05, 0.1) is 0 Å². The number of aromatic nitrogens is 1. The number of rotatable bonds is 5. The molecule has 1 aromatic carbocycles. The lowest BCUT2D eigenvalue weighted by Gasteiger charge is -2.04. The fraction of sp³-hybridized carbons (Fsp3) is 0.267. The molecule has 0 unspecified atom stereocenters. The van der Waals surface area contributed by atoms with Crippen LogP contribution in [0.1, 0.15) is 5.56 Å². The first-order valence-corrected chi connectivity index (χ1v) is 6.31. The molecule has 19 heavy (non-hydrogen) atoms. The first kappa shape index (κ1) is 13.4. The molecule has 0 radical (unpaired) electrons. The summed E-state index contributed by atoms with van der Waals surface area (Å²) in [6.07, 6.45) is 5.37. The van der Waals surface area contributed by atoms with Gasteiger partial charge in [0.1, 0.15) is 0 Å². The van der Waals surface area contributed by atoms with Gasteiger partial charge in [0.15, 0.2) is 0 Å². The van der Waals surface area contributed by atoms with Gasteiger partial charge >= 0.3 is 0 Å². The summed E-state index contributed by atoms with van der Waals surface area (Å²) in [5.74, 6) is -0.0628. The number of carbonyl (C=O) groups is 1. The summed E-state index contributed by atoms with van der Waals surface area (Å²) in [5, 5.41) is 4.04. The second kappa shape index (κ2) is 6.20. The molecule has 0 fully saturated rings. The number of nitrogens with one attached hydrogen (secondary N) is 2. The maximum Gasteiger partial charge on any atom is 0.243 e. The molecule has 0 bridgehead atoms. The van der Waals surface area contributed by atoms with E-state index in [9.17, 15) is 4.79 Å². The molecule has 0 atom stereocenters. The van der Waals surface area contributed by atoms with Crippen molar-refractivity contribution >= 4 is 16.8 Å². The zero-order valence-corrected chi connectivity index (χ0v) is 11.3. The lowest BCUT2D eigenvalue weighted by atomic mass is 10.2. The second-order valence-corrected chi connectivity index (χ2v) is 4.74. The molecule has 1 aromatic heterocycles. The minimum atomic E-state index is -0.0628. The average Bonchev–Trinajstić information content (AvgIpc) is 2.79. The number of H-pyrrole nitrogens is 1. The Balaban J connectivity index is 1.92. The van der Waals surface area contributed by atoms with E-state index in [1.165, 1.54) is 0 Å². The summed E-state index contributed by atoms with van der Waals surface area (Å²) in [6, 6.07) is 8.07. The number of amides is 1. The summed E-state index contributed by atoms with van der Waals surface area (Å²) in [6.45, 7) is 1.30. The van der Waals surface area contributed by atoms with E-state index in [4.69, 9.17) is 0 Å². The fourth-order valence-corrected chi connectivity index (χ4v) is 1.89. The molecule has 4 heteroatoms. The van der Waals surface area contributed by atoms with Crippen molar-refractivity contribution < 1.29 is 4.79 Å². The third kappa shape index (κ3) is 3.69. The monoisotopic (exact) mass is 257 g/mol. The average molecular weight is 257 g/mol. The van der Waals surface area contributed by atoms with Crippen LogP contribution in [-0.2, 0) is 11.3 Å². The molecule has 0 saturated heterocycles. The standard InChI is InChI=1S/C15H19N3O/c1-18(2)9-5-8-15(19)17-11-12-10-16-14-7-4-3-6-13(12)14/h3-8,10,16H,9,11H2,1-2H3,(H,17,19)/b8-5+. The molecule has 2 aromatic rings. The van der Waals surface area contributed by atoms with Crippen LogP contribution in [0.2, 0.25) is 0 Å². The van der Waals surface area contributed by atoms with Crippen LogP contribution >= 0.6 is 0 Å². The Bertz CT molecular complexity index is 584. The topological polar surface area (TPSA) is 48.1 Å². The number of carbonyl (C=O) groups excluding carboxylic acids is 1. The number of fused-ring (bicyclic) bond motifs is 1. The molecular formula is C15H19N3O. The van der Waals surface area contributed by atoms with Crippen LogP contribution in [-0.4, -0.2) is 36.4 Å². The van der Waals surface area contributed by atoms with Gasteiger partial charge in [-0.05, 0) is 25.7 Å². The highest BCUT2D eigenvalue weighted by Gasteiger charge is 2.03. The number of nitrogens with zero attached hydrogens (tertiary/aromatic N) is 1. The largest absolute Gasteiger partial charge is 0.361 e. The van der Waals surface area contributed by atoms with Crippen LogP contribution in [0.25, 0.3) is 10.9 Å². The second-order valence-electron chi connectivity index (χ2n) is 4.74. The van der Waals surface area contributed by atoms with Crippen molar-refractivity contribution in [3.05, 3.63) is 48.2 Å². The molecule has 2 rings (SSSR count). The van der Waals surface area contributed by atoms with E-state index >= 15 is 0 Å². The smallest absolute Gasteiger partial charge is 0.243 e. The quantitative estimate of drug-likeness (QED) is 0.804. The van der Waals surface area contributed by atoms with E-state index in [0.717, 1.165) is 23.0 Å². The zero-order valence-electron chi connectivity index (χ0n) is 11.3. The van der Waals surface area contributed by atoms with Crippen LogP contribution in [0, 0.1) is 0 Å². The van der Waals surface area contributed by atoms with E-state index < -0.39 is 0 Å². The molecule has 100 valence electrons. The van der Waals surface area contributed by atoms with Crippen molar-refractivity contribution in [2.45, 2.75) is 6.54 Å². The third-order valence-electron chi connectivity index (χ3n) is 2.87. The van der Waals surface area contributed by atoms with Crippen LogP contribution in [0.3, 0.4) is 0 Å². The van der Waals surface area contributed by atoms with Crippen molar-refractivity contribution in [3.8, 4) is 0 Å². The van der Waals surface area contributed by atoms with Gasteiger partial charge in [-0.25, -0.2) is 0 Å². The number of hydrogen-bond donors (Lipinski definition) is 2. The van der Waals surface area contributed by atoms with Crippen LogP contribution in [0.4, 0.5) is 0 Å². The Morgan fingerprint density at radius 3 is 2.95 bits per heavy atom. The molecule has 0 aliphatic heterocycles. The molecule has 0 saturated carbocycles. The minimum absolute atomic E-state index is 0.0628. The molecule has 2 N–H and O–H groups in total. The van der Waals surface area contributed by atoms with Crippen molar-refractivity contribution in [3.63, 3.8) is 0 Å². The normalized spacial score (nSPS) is 11.5. The van der Waals surface area contributed by atoms with E-state index in [1.54, 1.807) is 6.08 Å². The molecule has 0 aliphatic rings. The molecule has 4 nitrogen and oxygen atoms in total. The molecule has 0 aliphatic carbocycles. The highest BCUT2D eigenvalue weighted by Crippen LogP contribution is 2.17. The van der Waals surface area contributed by atoms with Crippen molar-refractivity contribution in [2.24, 2.45) is 0 Å². The lowest BCUT2D eigenvalue weighted by Crippen LogP contribution is -2.20. The first-order chi connectivity index (χ1) is 9.16. The fourth-order valence-electron chi connectivity index (χ4n) is 1.89. The predicted molar refractivity (Wildman–Crippen MR) is 77.8 cm³/mol. The van der Waals surface area contributed by atoms with Crippen molar-refractivity contribution in [1.82, 2.24) is 15.2 Å². The van der Waals surface area contributed by atoms with Gasteiger partial charge in [0.2, 0.25) is 5.91 Å². The Morgan fingerprint density at radius 1 is 1.37 bits per heavy atom. The highest BCUT2D eigenvalue weighted by molar-refractivity contribution is 5.88. The van der Waals surface area contributed by atoms with Gasteiger partial charge in [0, 0.05) is 36.3 Å². The van der Waals surface area contributed by atoms with Gasteiger partial charge in [-0.3, -0.25) is 4.79 Å². The van der Waals surface area contributed by atoms with Gasteiger partial charge in [-0.15, -0.1) is 0 Å². The van der Waals surface area contributed by atoms with Crippen LogP contribution in [0.5, 0.6) is 0 Å². The number of benzene rings is 1. The Morgan fingerprint density at radius 2 is 2.16 bits per heavy atom. The van der Waals surface area contributed by atoms with E-state index in [1.807, 2.05) is 49.5 Å². The predicted octanol–water partition coefficient (Wildman–Crippen LogP) is 1.90. The number of hydrogen-bond acceptors (Lipinski definition) is 2. The minimum Gasteiger partial charge on any atom is -0.361 e. The first-order valence-electron chi connectivity index (χ1n) is 6.31. The third-order valence-corrected chi connectivity index (χ3v) is 2.87. The van der Waals surface area contributed by atoms with Crippen molar-refractivity contribution in [2.75, 3.05) is 20.6 Å². The van der Waals surface area contributed by atoms with Gasteiger partial charge in [-0.1, -0.05) is 24.3 Å². The molecular weight excluding hydrogens is 238 g/mol.